The first-order chi connectivity index (χ1) is 10.1. The number of hydrogen-bond acceptors (Lipinski definition) is 2. The van der Waals surface area contributed by atoms with Crippen molar-refractivity contribution in [1.82, 2.24) is 9.38 Å². The lowest BCUT2D eigenvalue weighted by atomic mass is 10.1. The number of halogens is 1. The number of aryl methyl sites for hydroxylation is 2. The molecule has 0 amide bonds. The summed E-state index contributed by atoms with van der Waals surface area (Å²) in [5, 5.41) is 0.748. The first-order valence-corrected chi connectivity index (χ1v) is 7.97. The zero-order valence-corrected chi connectivity index (χ0v) is 13.3. The third-order valence-electron chi connectivity index (χ3n) is 3.75. The van der Waals surface area contributed by atoms with Crippen molar-refractivity contribution in [1.29, 1.82) is 0 Å². The van der Waals surface area contributed by atoms with Gasteiger partial charge in [0.15, 0.2) is 4.96 Å². The van der Waals surface area contributed by atoms with E-state index in [4.69, 9.17) is 16.6 Å². The molecule has 0 unspecified atom stereocenters. The number of thiazole rings is 1. The zero-order chi connectivity index (χ0) is 14.6. The van der Waals surface area contributed by atoms with Crippen LogP contribution in [0, 0.1) is 13.8 Å². The molecule has 0 fully saturated rings. The van der Waals surface area contributed by atoms with Crippen LogP contribution in [0.3, 0.4) is 0 Å². The lowest BCUT2D eigenvalue weighted by Crippen LogP contribution is -1.86. The summed E-state index contributed by atoms with van der Waals surface area (Å²) in [7, 11) is 0. The minimum atomic E-state index is 0.748. The van der Waals surface area contributed by atoms with Gasteiger partial charge in [0, 0.05) is 16.3 Å². The fourth-order valence-electron chi connectivity index (χ4n) is 2.70. The Balaban J connectivity index is 2.00. The predicted octanol–water partition coefficient (Wildman–Crippen LogP) is 5.49. The highest BCUT2D eigenvalue weighted by molar-refractivity contribution is 7.23. The van der Waals surface area contributed by atoms with Gasteiger partial charge in [-0.15, -0.1) is 0 Å². The van der Waals surface area contributed by atoms with Gasteiger partial charge in [0.05, 0.1) is 15.9 Å². The highest BCUT2D eigenvalue weighted by atomic mass is 35.5. The summed E-state index contributed by atoms with van der Waals surface area (Å²) in [6.45, 7) is 4.24. The van der Waals surface area contributed by atoms with E-state index in [1.165, 1.54) is 21.5 Å². The Hall–Kier alpha value is -1.84. The van der Waals surface area contributed by atoms with Crippen LogP contribution in [0.5, 0.6) is 0 Å². The van der Waals surface area contributed by atoms with E-state index < -0.39 is 0 Å². The fourth-order valence-corrected chi connectivity index (χ4v) is 3.99. The number of hydrogen-bond donors (Lipinski definition) is 0. The monoisotopic (exact) mass is 312 g/mol. The van der Waals surface area contributed by atoms with Crippen LogP contribution in [0.15, 0.2) is 42.5 Å². The topological polar surface area (TPSA) is 17.3 Å². The minimum absolute atomic E-state index is 0.748. The summed E-state index contributed by atoms with van der Waals surface area (Å²) < 4.78 is 3.52. The van der Waals surface area contributed by atoms with Crippen molar-refractivity contribution in [3.05, 3.63) is 58.7 Å². The van der Waals surface area contributed by atoms with Crippen molar-refractivity contribution in [3.63, 3.8) is 0 Å². The predicted molar refractivity (Wildman–Crippen MR) is 90.5 cm³/mol. The van der Waals surface area contributed by atoms with Crippen molar-refractivity contribution in [2.45, 2.75) is 13.8 Å². The van der Waals surface area contributed by atoms with Crippen molar-refractivity contribution in [2.75, 3.05) is 0 Å². The average Bonchev–Trinajstić information content (AvgIpc) is 2.96. The third kappa shape index (κ3) is 1.96. The molecule has 0 N–H and O–H groups in total. The van der Waals surface area contributed by atoms with Crippen molar-refractivity contribution >= 4 is 38.1 Å². The Bertz CT molecular complexity index is 964. The summed E-state index contributed by atoms with van der Waals surface area (Å²) in [5.74, 6) is 0. The van der Waals surface area contributed by atoms with E-state index >= 15 is 0 Å². The number of nitrogens with zero attached hydrogens (tertiary/aromatic N) is 2. The highest BCUT2D eigenvalue weighted by Crippen LogP contribution is 2.33. The zero-order valence-electron chi connectivity index (χ0n) is 11.7. The molecule has 0 radical (unpaired) electrons. The maximum Gasteiger partial charge on any atom is 0.195 e. The molecule has 0 aliphatic rings. The molecule has 2 heterocycles. The Kier molecular flexibility index (Phi) is 2.81. The van der Waals surface area contributed by atoms with Gasteiger partial charge >= 0.3 is 0 Å². The minimum Gasteiger partial charge on any atom is -0.287 e. The summed E-state index contributed by atoms with van der Waals surface area (Å²) >= 11 is 7.70. The van der Waals surface area contributed by atoms with Crippen LogP contribution in [0.4, 0.5) is 0 Å². The molecule has 4 aromatic rings. The van der Waals surface area contributed by atoms with E-state index in [2.05, 4.69) is 36.4 Å². The molecule has 4 rings (SSSR count). The summed E-state index contributed by atoms with van der Waals surface area (Å²) in [6, 6.07) is 14.4. The van der Waals surface area contributed by atoms with Gasteiger partial charge in [-0.25, -0.2) is 4.98 Å². The molecule has 0 saturated heterocycles. The highest BCUT2D eigenvalue weighted by Gasteiger charge is 2.15. The average molecular weight is 313 g/mol. The van der Waals surface area contributed by atoms with Crippen LogP contribution in [0.2, 0.25) is 5.02 Å². The number of imidazole rings is 1. The molecular formula is C17H13ClN2S. The van der Waals surface area contributed by atoms with E-state index in [-0.39, 0.29) is 0 Å². The van der Waals surface area contributed by atoms with E-state index in [1.807, 2.05) is 24.3 Å². The van der Waals surface area contributed by atoms with Gasteiger partial charge in [0.25, 0.3) is 0 Å². The van der Waals surface area contributed by atoms with Crippen LogP contribution >= 0.6 is 22.9 Å². The largest absolute Gasteiger partial charge is 0.287 e. The van der Waals surface area contributed by atoms with Crippen LogP contribution < -0.4 is 0 Å². The van der Waals surface area contributed by atoms with Crippen LogP contribution in [-0.2, 0) is 0 Å². The third-order valence-corrected chi connectivity index (χ3v) is 5.01. The molecule has 2 nitrogen and oxygen atoms in total. The van der Waals surface area contributed by atoms with E-state index in [0.717, 1.165) is 21.2 Å². The second-order valence-electron chi connectivity index (χ2n) is 5.24. The summed E-state index contributed by atoms with van der Waals surface area (Å²) in [6.07, 6.45) is 0. The van der Waals surface area contributed by atoms with Gasteiger partial charge in [0.2, 0.25) is 0 Å². The van der Waals surface area contributed by atoms with Gasteiger partial charge < -0.3 is 0 Å². The van der Waals surface area contributed by atoms with Crippen molar-refractivity contribution < 1.29 is 0 Å². The second kappa shape index (κ2) is 4.58. The molecule has 4 heteroatoms. The smallest absolute Gasteiger partial charge is 0.195 e. The van der Waals surface area contributed by atoms with Gasteiger partial charge in [-0.1, -0.05) is 41.1 Å². The molecule has 104 valence electrons. The first kappa shape index (κ1) is 12.9. The lowest BCUT2D eigenvalue weighted by Gasteiger charge is -2.01. The fraction of sp³-hybridized carbons (Fsp3) is 0.118. The van der Waals surface area contributed by atoms with Crippen molar-refractivity contribution in [2.24, 2.45) is 0 Å². The number of fused-ring (bicyclic) bond motifs is 3. The van der Waals surface area contributed by atoms with Crippen LogP contribution in [-0.4, -0.2) is 9.38 Å². The van der Waals surface area contributed by atoms with Gasteiger partial charge in [-0.2, -0.15) is 0 Å². The second-order valence-corrected chi connectivity index (χ2v) is 6.69. The molecule has 0 atom stereocenters. The van der Waals surface area contributed by atoms with Crippen LogP contribution in [0.1, 0.15) is 11.3 Å². The molecular weight excluding hydrogens is 300 g/mol. The number of rotatable bonds is 1. The SMILES string of the molecule is Cc1ccc2c(c1)sc1nc(-c3ccc(Cl)cc3)c(C)n12. The number of benzene rings is 2. The van der Waals surface area contributed by atoms with Gasteiger partial charge in [-0.3, -0.25) is 4.40 Å². The van der Waals surface area contributed by atoms with Gasteiger partial charge in [0.1, 0.15) is 0 Å². The number of aromatic nitrogens is 2. The Morgan fingerprint density at radius 1 is 1.05 bits per heavy atom. The molecule has 0 bridgehead atoms. The molecule has 0 spiro atoms. The molecule has 21 heavy (non-hydrogen) atoms. The molecule has 0 saturated carbocycles. The van der Waals surface area contributed by atoms with E-state index in [0.29, 0.717) is 0 Å². The first-order valence-electron chi connectivity index (χ1n) is 6.77. The molecule has 0 aliphatic heterocycles. The Morgan fingerprint density at radius 3 is 2.57 bits per heavy atom. The normalized spacial score (nSPS) is 11.6. The molecule has 2 aromatic carbocycles. The maximum absolute atomic E-state index is 5.97. The Labute approximate surface area is 131 Å². The lowest BCUT2D eigenvalue weighted by molar-refractivity contribution is 1.19. The standard InChI is InChI=1S/C17H13ClN2S/c1-10-3-8-14-15(9-10)21-17-19-16(11(2)20(14)17)12-4-6-13(18)7-5-12/h3-9H,1-2H3. The van der Waals surface area contributed by atoms with Crippen LogP contribution in [0.25, 0.3) is 26.4 Å². The molecule has 2 aromatic heterocycles. The van der Waals surface area contributed by atoms with E-state index in [1.54, 1.807) is 11.3 Å². The maximum atomic E-state index is 5.97. The molecule has 0 aliphatic carbocycles. The summed E-state index contributed by atoms with van der Waals surface area (Å²) in [4.78, 5) is 5.86. The van der Waals surface area contributed by atoms with Gasteiger partial charge in [-0.05, 0) is 43.7 Å². The quantitative estimate of drug-likeness (QED) is 0.454. The van der Waals surface area contributed by atoms with E-state index in [9.17, 15) is 0 Å². The summed E-state index contributed by atoms with van der Waals surface area (Å²) in [5.41, 5.74) is 5.81. The Morgan fingerprint density at radius 2 is 1.81 bits per heavy atom. The van der Waals surface area contributed by atoms with Crippen molar-refractivity contribution in [3.8, 4) is 11.3 Å².